The number of hydrogen-bond acceptors (Lipinski definition) is 3. The van der Waals surface area contributed by atoms with Crippen molar-refractivity contribution in [1.29, 1.82) is 0 Å². The number of nitrogens with zero attached hydrogens (tertiary/aromatic N) is 2. The van der Waals surface area contributed by atoms with Crippen molar-refractivity contribution in [2.24, 2.45) is 0 Å². The topological polar surface area (TPSA) is 28.2 Å². The summed E-state index contributed by atoms with van der Waals surface area (Å²) in [7, 11) is 0. The van der Waals surface area contributed by atoms with Crippen molar-refractivity contribution in [2.75, 3.05) is 32.7 Å². The third-order valence-corrected chi connectivity index (χ3v) is 2.45. The molecular formula is C12H14FN3. The smallest absolute Gasteiger partial charge is 0.142 e. The van der Waals surface area contributed by atoms with Gasteiger partial charge in [-0.25, -0.2) is 4.39 Å². The summed E-state index contributed by atoms with van der Waals surface area (Å²) < 4.78 is 12.8. The molecule has 1 saturated heterocycles. The van der Waals surface area contributed by atoms with E-state index in [1.807, 2.05) is 0 Å². The van der Waals surface area contributed by atoms with E-state index in [-0.39, 0.29) is 5.82 Å². The van der Waals surface area contributed by atoms with Crippen LogP contribution < -0.4 is 5.32 Å². The summed E-state index contributed by atoms with van der Waals surface area (Å²) in [6.07, 6.45) is 2.76. The first-order valence-corrected chi connectivity index (χ1v) is 5.37. The summed E-state index contributed by atoms with van der Waals surface area (Å²) in [5.74, 6) is 5.62. The summed E-state index contributed by atoms with van der Waals surface area (Å²) in [6, 6.07) is 1.40. The highest BCUT2D eigenvalue weighted by Gasteiger charge is 2.06. The molecule has 0 amide bonds. The van der Waals surface area contributed by atoms with E-state index in [1.165, 1.54) is 12.3 Å². The summed E-state index contributed by atoms with van der Waals surface area (Å²) in [4.78, 5) is 6.02. The van der Waals surface area contributed by atoms with Gasteiger partial charge in [-0.3, -0.25) is 9.88 Å². The molecule has 4 heteroatoms. The number of nitrogens with one attached hydrogen (secondary N) is 1. The summed E-state index contributed by atoms with van der Waals surface area (Å²) in [5, 5.41) is 3.28. The summed E-state index contributed by atoms with van der Waals surface area (Å²) in [6.45, 7) is 4.82. The fraction of sp³-hybridized carbons (Fsp3) is 0.417. The van der Waals surface area contributed by atoms with Crippen LogP contribution in [0.15, 0.2) is 18.5 Å². The molecule has 0 unspecified atom stereocenters. The highest BCUT2D eigenvalue weighted by Crippen LogP contribution is 1.98. The van der Waals surface area contributed by atoms with Crippen LogP contribution in [0, 0.1) is 17.7 Å². The van der Waals surface area contributed by atoms with E-state index >= 15 is 0 Å². The second-order valence-corrected chi connectivity index (χ2v) is 3.72. The molecular weight excluding hydrogens is 205 g/mol. The summed E-state index contributed by atoms with van der Waals surface area (Å²) in [5.41, 5.74) is 0.634. The lowest BCUT2D eigenvalue weighted by atomic mass is 10.3. The lowest BCUT2D eigenvalue weighted by Crippen LogP contribution is -2.43. The first-order chi connectivity index (χ1) is 7.84. The van der Waals surface area contributed by atoms with Gasteiger partial charge >= 0.3 is 0 Å². The van der Waals surface area contributed by atoms with E-state index in [0.717, 1.165) is 32.7 Å². The van der Waals surface area contributed by atoms with E-state index in [9.17, 15) is 4.39 Å². The minimum absolute atomic E-state index is 0.339. The van der Waals surface area contributed by atoms with Crippen molar-refractivity contribution in [3.63, 3.8) is 0 Å². The Morgan fingerprint density at radius 2 is 2.19 bits per heavy atom. The molecule has 1 fully saturated rings. The van der Waals surface area contributed by atoms with Crippen LogP contribution in [0.5, 0.6) is 0 Å². The molecule has 0 bridgehead atoms. The zero-order valence-electron chi connectivity index (χ0n) is 9.04. The number of halogens is 1. The fourth-order valence-electron chi connectivity index (χ4n) is 1.60. The average Bonchev–Trinajstić information content (AvgIpc) is 2.30. The molecule has 0 saturated carbocycles. The third-order valence-electron chi connectivity index (χ3n) is 2.45. The highest BCUT2D eigenvalue weighted by atomic mass is 19.1. The van der Waals surface area contributed by atoms with Crippen LogP contribution in [0.25, 0.3) is 0 Å². The van der Waals surface area contributed by atoms with Crippen molar-refractivity contribution in [2.45, 2.75) is 0 Å². The Balaban J connectivity index is 1.89. The molecule has 0 radical (unpaired) electrons. The van der Waals surface area contributed by atoms with Gasteiger partial charge in [0.1, 0.15) is 5.82 Å². The van der Waals surface area contributed by atoms with E-state index in [2.05, 4.69) is 27.0 Å². The predicted octanol–water partition coefficient (Wildman–Crippen LogP) is 0.477. The minimum Gasteiger partial charge on any atom is -0.314 e. The monoisotopic (exact) mass is 219 g/mol. The van der Waals surface area contributed by atoms with Crippen molar-refractivity contribution in [3.05, 3.63) is 29.8 Å². The maximum absolute atomic E-state index is 12.8. The lowest BCUT2D eigenvalue weighted by molar-refractivity contribution is 0.268. The Morgan fingerprint density at radius 3 is 2.94 bits per heavy atom. The maximum atomic E-state index is 12.8. The molecule has 0 aliphatic carbocycles. The average molecular weight is 219 g/mol. The second-order valence-electron chi connectivity index (χ2n) is 3.72. The summed E-state index contributed by atoms with van der Waals surface area (Å²) >= 11 is 0. The van der Waals surface area contributed by atoms with Gasteiger partial charge in [0.05, 0.1) is 12.7 Å². The minimum atomic E-state index is -0.339. The quantitative estimate of drug-likeness (QED) is 0.696. The molecule has 2 rings (SSSR count). The molecule has 0 atom stereocenters. The maximum Gasteiger partial charge on any atom is 0.142 e. The van der Waals surface area contributed by atoms with Gasteiger partial charge in [0.2, 0.25) is 0 Å². The van der Waals surface area contributed by atoms with Gasteiger partial charge in [0.15, 0.2) is 0 Å². The number of piperazine rings is 1. The molecule has 16 heavy (non-hydrogen) atoms. The number of aromatic nitrogens is 1. The van der Waals surface area contributed by atoms with Crippen LogP contribution in [-0.2, 0) is 0 Å². The van der Waals surface area contributed by atoms with Crippen molar-refractivity contribution in [3.8, 4) is 11.8 Å². The normalized spacial score (nSPS) is 16.6. The van der Waals surface area contributed by atoms with Crippen molar-refractivity contribution >= 4 is 0 Å². The van der Waals surface area contributed by atoms with Crippen LogP contribution in [0.1, 0.15) is 5.56 Å². The number of rotatable bonds is 1. The van der Waals surface area contributed by atoms with Gasteiger partial charge in [-0.15, -0.1) is 0 Å². The SMILES string of the molecule is Fc1cncc(C#CCN2CCNCC2)c1. The fourth-order valence-corrected chi connectivity index (χ4v) is 1.60. The van der Waals surface area contributed by atoms with Crippen LogP contribution in [-0.4, -0.2) is 42.6 Å². The first kappa shape index (κ1) is 11.1. The molecule has 0 spiro atoms. The lowest BCUT2D eigenvalue weighted by Gasteiger charge is -2.24. The van der Waals surface area contributed by atoms with Gasteiger partial charge in [-0.05, 0) is 6.07 Å². The van der Waals surface area contributed by atoms with Crippen molar-refractivity contribution in [1.82, 2.24) is 15.2 Å². The van der Waals surface area contributed by atoms with Gasteiger partial charge in [-0.2, -0.15) is 0 Å². The first-order valence-electron chi connectivity index (χ1n) is 5.37. The van der Waals surface area contributed by atoms with E-state index < -0.39 is 0 Å². The van der Waals surface area contributed by atoms with Gasteiger partial charge < -0.3 is 5.32 Å². The standard InChI is InChI=1S/C12H14FN3/c13-12-8-11(9-15-10-12)2-1-5-16-6-3-14-4-7-16/h8-10,14H,3-7H2. The molecule has 2 heterocycles. The van der Waals surface area contributed by atoms with Gasteiger partial charge in [0.25, 0.3) is 0 Å². The Bertz CT molecular complexity index is 402. The zero-order valence-corrected chi connectivity index (χ0v) is 9.04. The highest BCUT2D eigenvalue weighted by molar-refractivity contribution is 5.31. The molecule has 3 nitrogen and oxygen atoms in total. The molecule has 1 aromatic heterocycles. The molecule has 84 valence electrons. The second kappa shape index (κ2) is 5.59. The van der Waals surface area contributed by atoms with E-state index in [4.69, 9.17) is 0 Å². The van der Waals surface area contributed by atoms with Gasteiger partial charge in [0, 0.05) is 37.9 Å². The zero-order chi connectivity index (χ0) is 11.2. The van der Waals surface area contributed by atoms with E-state index in [1.54, 1.807) is 6.20 Å². The van der Waals surface area contributed by atoms with Crippen LogP contribution in [0.4, 0.5) is 4.39 Å². The predicted molar refractivity (Wildman–Crippen MR) is 60.4 cm³/mol. The van der Waals surface area contributed by atoms with E-state index in [0.29, 0.717) is 5.56 Å². The Kier molecular flexibility index (Phi) is 3.86. The van der Waals surface area contributed by atoms with Crippen LogP contribution in [0.2, 0.25) is 0 Å². The molecule has 1 aromatic rings. The van der Waals surface area contributed by atoms with Crippen LogP contribution in [0.3, 0.4) is 0 Å². The molecule has 1 aliphatic rings. The Labute approximate surface area is 94.7 Å². The number of hydrogen-bond donors (Lipinski definition) is 1. The van der Waals surface area contributed by atoms with Gasteiger partial charge in [-0.1, -0.05) is 11.8 Å². The Morgan fingerprint density at radius 1 is 1.38 bits per heavy atom. The van der Waals surface area contributed by atoms with Crippen molar-refractivity contribution < 1.29 is 4.39 Å². The van der Waals surface area contributed by atoms with Crippen LogP contribution >= 0.6 is 0 Å². The Hall–Kier alpha value is -1.44. The number of pyridine rings is 1. The molecule has 0 aromatic carbocycles. The molecule has 1 N–H and O–H groups in total. The third kappa shape index (κ3) is 3.30. The molecule has 1 aliphatic heterocycles. The largest absolute Gasteiger partial charge is 0.314 e.